The fourth-order valence-electron chi connectivity index (χ4n) is 4.60. The zero-order valence-corrected chi connectivity index (χ0v) is 17.1. The third-order valence-electron chi connectivity index (χ3n) is 6.13. The number of aromatic amines is 1. The Labute approximate surface area is 174 Å². The molecule has 30 heavy (non-hydrogen) atoms. The summed E-state index contributed by atoms with van der Waals surface area (Å²) in [4.78, 5) is 16.0. The molecule has 5 rings (SSSR count). The van der Waals surface area contributed by atoms with Gasteiger partial charge < -0.3 is 9.80 Å². The number of rotatable bonds is 2. The van der Waals surface area contributed by atoms with E-state index in [-0.39, 0.29) is 5.91 Å². The highest BCUT2D eigenvalue weighted by Crippen LogP contribution is 2.40. The van der Waals surface area contributed by atoms with Gasteiger partial charge in [-0.2, -0.15) is 15.5 Å². The zero-order chi connectivity index (χ0) is 20.8. The predicted molar refractivity (Wildman–Crippen MR) is 112 cm³/mol. The van der Waals surface area contributed by atoms with Crippen LogP contribution in [0.1, 0.15) is 35.7 Å². The Morgan fingerprint density at radius 1 is 1.23 bits per heavy atom. The van der Waals surface area contributed by atoms with Gasteiger partial charge in [-0.1, -0.05) is 6.07 Å². The Bertz CT molecular complexity index is 1180. The van der Waals surface area contributed by atoms with Crippen LogP contribution in [-0.2, 0) is 31.2 Å². The fraction of sp³-hybridized carbons (Fsp3) is 0.364. The highest BCUT2D eigenvalue weighted by Gasteiger charge is 2.30. The fourth-order valence-corrected chi connectivity index (χ4v) is 4.60. The molecule has 8 nitrogen and oxygen atoms in total. The number of anilines is 2. The highest BCUT2D eigenvalue weighted by molar-refractivity contribution is 5.80. The van der Waals surface area contributed by atoms with Crippen LogP contribution >= 0.6 is 0 Å². The number of aryl methyl sites for hydroxylation is 1. The van der Waals surface area contributed by atoms with Crippen LogP contribution in [0.4, 0.5) is 11.5 Å². The number of benzene rings is 1. The Kier molecular flexibility index (Phi) is 4.31. The first-order valence-electron chi connectivity index (χ1n) is 10.2. The minimum absolute atomic E-state index is 0.0831. The summed E-state index contributed by atoms with van der Waals surface area (Å²) >= 11 is 0. The molecule has 3 aromatic rings. The Morgan fingerprint density at radius 3 is 2.83 bits per heavy atom. The first-order valence-corrected chi connectivity index (χ1v) is 10.2. The summed E-state index contributed by atoms with van der Waals surface area (Å²) in [5.74, 6) is 0.953. The van der Waals surface area contributed by atoms with Crippen LogP contribution in [0.5, 0.6) is 0 Å². The molecular weight excluding hydrogens is 378 g/mol. The normalized spacial score (nSPS) is 15.5. The van der Waals surface area contributed by atoms with Gasteiger partial charge in [-0.3, -0.25) is 14.6 Å². The van der Waals surface area contributed by atoms with Crippen LogP contribution in [0.3, 0.4) is 0 Å². The molecular formula is C22H23N7O. The van der Waals surface area contributed by atoms with Crippen molar-refractivity contribution in [2.45, 2.75) is 32.7 Å². The van der Waals surface area contributed by atoms with Crippen molar-refractivity contribution in [2.75, 3.05) is 18.0 Å². The van der Waals surface area contributed by atoms with Gasteiger partial charge in [0.2, 0.25) is 5.91 Å². The topological polar surface area (TPSA) is 93.8 Å². The summed E-state index contributed by atoms with van der Waals surface area (Å²) in [6.07, 6.45) is 6.31. The Hall–Kier alpha value is -3.60. The van der Waals surface area contributed by atoms with Gasteiger partial charge in [-0.15, -0.1) is 0 Å². The van der Waals surface area contributed by atoms with Crippen LogP contribution in [0, 0.1) is 11.3 Å². The molecule has 0 saturated carbocycles. The number of H-pyrrole nitrogens is 1. The van der Waals surface area contributed by atoms with Crippen molar-refractivity contribution in [3.63, 3.8) is 0 Å². The molecule has 1 aromatic carbocycles. The van der Waals surface area contributed by atoms with Gasteiger partial charge in [0, 0.05) is 67.8 Å². The average molecular weight is 401 g/mol. The summed E-state index contributed by atoms with van der Waals surface area (Å²) < 4.78 is 1.75. The lowest BCUT2D eigenvalue weighted by atomic mass is 9.91. The zero-order valence-electron chi connectivity index (χ0n) is 17.1. The molecule has 2 aromatic heterocycles. The maximum Gasteiger partial charge on any atom is 0.219 e. The van der Waals surface area contributed by atoms with Crippen molar-refractivity contribution in [3.05, 3.63) is 46.9 Å². The molecule has 152 valence electrons. The molecule has 1 amide bonds. The second-order valence-electron chi connectivity index (χ2n) is 7.95. The number of hydrogen-bond donors (Lipinski definition) is 1. The molecule has 1 N–H and O–H groups in total. The largest absolute Gasteiger partial charge is 0.338 e. The minimum Gasteiger partial charge on any atom is -0.338 e. The second kappa shape index (κ2) is 7.02. The first-order chi connectivity index (χ1) is 14.6. The molecule has 0 unspecified atom stereocenters. The number of fused-ring (bicyclic) bond motifs is 2. The maximum atomic E-state index is 11.9. The van der Waals surface area contributed by atoms with Gasteiger partial charge in [0.1, 0.15) is 6.07 Å². The molecule has 0 atom stereocenters. The second-order valence-corrected chi connectivity index (χ2v) is 7.95. The standard InChI is InChI=1S/C22H23N7O/c1-14(30)28-9-7-20-19(13-28)22(26-25-20)29-8-3-4-17-18(10-23)16(5-6-21(17)29)15-11-24-27(2)12-15/h5-6,11-12H,3-4,7-9,13H2,1-2H3,(H,25,26). The summed E-state index contributed by atoms with van der Waals surface area (Å²) in [7, 11) is 1.88. The van der Waals surface area contributed by atoms with Crippen LogP contribution in [-0.4, -0.2) is 43.9 Å². The smallest absolute Gasteiger partial charge is 0.219 e. The van der Waals surface area contributed by atoms with Crippen molar-refractivity contribution in [2.24, 2.45) is 7.05 Å². The van der Waals surface area contributed by atoms with E-state index in [4.69, 9.17) is 0 Å². The molecule has 4 heterocycles. The van der Waals surface area contributed by atoms with E-state index in [0.29, 0.717) is 18.7 Å². The average Bonchev–Trinajstić information content (AvgIpc) is 3.38. The number of nitriles is 1. The number of carbonyl (C=O) groups excluding carboxylic acids is 1. The highest BCUT2D eigenvalue weighted by atomic mass is 16.2. The quantitative estimate of drug-likeness (QED) is 0.713. The van der Waals surface area contributed by atoms with E-state index >= 15 is 0 Å². The number of nitrogens with one attached hydrogen (secondary N) is 1. The number of hydrogen-bond acceptors (Lipinski definition) is 5. The lowest BCUT2D eigenvalue weighted by Crippen LogP contribution is -2.35. The summed E-state index contributed by atoms with van der Waals surface area (Å²) in [5.41, 5.74) is 6.84. The van der Waals surface area contributed by atoms with E-state index in [1.54, 1.807) is 17.8 Å². The minimum atomic E-state index is 0.0831. The van der Waals surface area contributed by atoms with Gasteiger partial charge in [0.05, 0.1) is 18.3 Å². The molecule has 2 aliphatic heterocycles. The Morgan fingerprint density at radius 2 is 2.10 bits per heavy atom. The molecule has 0 saturated heterocycles. The van der Waals surface area contributed by atoms with Gasteiger partial charge in [0.25, 0.3) is 0 Å². The SMILES string of the molecule is CC(=O)N1CCc2[nH]nc(N3CCCc4c3ccc(-c3cnn(C)c3)c4C#N)c2C1. The predicted octanol–water partition coefficient (Wildman–Crippen LogP) is 2.67. The number of carbonyl (C=O) groups is 1. The summed E-state index contributed by atoms with van der Waals surface area (Å²) in [6, 6.07) is 6.53. The lowest BCUT2D eigenvalue weighted by Gasteiger charge is -2.33. The van der Waals surface area contributed by atoms with Crippen LogP contribution in [0.2, 0.25) is 0 Å². The van der Waals surface area contributed by atoms with E-state index < -0.39 is 0 Å². The van der Waals surface area contributed by atoms with Crippen molar-refractivity contribution in [3.8, 4) is 17.2 Å². The van der Waals surface area contributed by atoms with Gasteiger partial charge in [0.15, 0.2) is 5.82 Å². The molecule has 0 radical (unpaired) electrons. The molecule has 2 aliphatic rings. The molecule has 0 fully saturated rings. The van der Waals surface area contributed by atoms with Crippen molar-refractivity contribution in [1.29, 1.82) is 5.26 Å². The van der Waals surface area contributed by atoms with E-state index in [1.807, 2.05) is 24.2 Å². The van der Waals surface area contributed by atoms with Gasteiger partial charge >= 0.3 is 0 Å². The third-order valence-corrected chi connectivity index (χ3v) is 6.13. The van der Waals surface area contributed by atoms with Gasteiger partial charge in [-0.25, -0.2) is 0 Å². The molecule has 0 spiro atoms. The number of nitrogens with zero attached hydrogens (tertiary/aromatic N) is 6. The lowest BCUT2D eigenvalue weighted by molar-refractivity contribution is -0.129. The van der Waals surface area contributed by atoms with Gasteiger partial charge in [-0.05, 0) is 24.5 Å². The molecule has 0 aliphatic carbocycles. The maximum absolute atomic E-state index is 11.9. The van der Waals surface area contributed by atoms with E-state index in [2.05, 4.69) is 32.3 Å². The van der Waals surface area contributed by atoms with Crippen LogP contribution < -0.4 is 4.90 Å². The number of amides is 1. The van der Waals surface area contributed by atoms with Crippen molar-refractivity contribution in [1.82, 2.24) is 24.9 Å². The van der Waals surface area contributed by atoms with Crippen LogP contribution in [0.15, 0.2) is 24.5 Å². The Balaban J connectivity index is 1.59. The molecule has 0 bridgehead atoms. The molecule has 8 heteroatoms. The summed E-state index contributed by atoms with van der Waals surface area (Å²) in [5, 5.41) is 22.0. The third kappa shape index (κ3) is 2.86. The van der Waals surface area contributed by atoms with Crippen molar-refractivity contribution < 1.29 is 4.79 Å². The van der Waals surface area contributed by atoms with E-state index in [0.717, 1.165) is 65.3 Å². The monoisotopic (exact) mass is 401 g/mol. The van der Waals surface area contributed by atoms with E-state index in [1.165, 1.54) is 0 Å². The van der Waals surface area contributed by atoms with E-state index in [9.17, 15) is 10.1 Å². The van der Waals surface area contributed by atoms with Crippen molar-refractivity contribution >= 4 is 17.4 Å². The number of aromatic nitrogens is 4. The first kappa shape index (κ1) is 18.4. The summed E-state index contributed by atoms with van der Waals surface area (Å²) in [6.45, 7) is 3.73. The van der Waals surface area contributed by atoms with Crippen LogP contribution in [0.25, 0.3) is 11.1 Å².